The fraction of sp³-hybridized carbons (Fsp3) is 0.294. The number of fused-ring (bicyclic) bond motifs is 1. The lowest BCUT2D eigenvalue weighted by Gasteiger charge is -2.38. The lowest BCUT2D eigenvalue weighted by atomic mass is 10.0. The number of ether oxygens (including phenoxy) is 1. The zero-order chi connectivity index (χ0) is 17.4. The third-order valence-electron chi connectivity index (χ3n) is 4.12. The van der Waals surface area contributed by atoms with Crippen LogP contribution in [0.25, 0.3) is 10.2 Å². The predicted octanol–water partition coefficient (Wildman–Crippen LogP) is 2.61. The van der Waals surface area contributed by atoms with Crippen LogP contribution in [-0.2, 0) is 9.84 Å². The minimum absolute atomic E-state index is 0.296. The number of benzene rings is 1. The summed E-state index contributed by atoms with van der Waals surface area (Å²) in [6, 6.07) is 9.03. The second-order valence-corrected chi connectivity index (χ2v) is 9.14. The molecule has 4 rings (SSSR count). The van der Waals surface area contributed by atoms with Crippen LogP contribution in [0.1, 0.15) is 0 Å². The van der Waals surface area contributed by atoms with Crippen molar-refractivity contribution in [3.05, 3.63) is 42.7 Å². The number of thiazole rings is 1. The molecule has 0 atom stereocenters. The minimum Gasteiger partial charge on any atom is -0.492 e. The molecule has 3 aromatic rings. The third kappa shape index (κ3) is 3.32. The molecule has 6 nitrogen and oxygen atoms in total. The largest absolute Gasteiger partial charge is 0.492 e. The molecular formula is C17H17N3O3S2. The van der Waals surface area contributed by atoms with E-state index in [0.29, 0.717) is 22.9 Å². The Kier molecular flexibility index (Phi) is 4.09. The van der Waals surface area contributed by atoms with Crippen molar-refractivity contribution in [2.24, 2.45) is 5.92 Å². The van der Waals surface area contributed by atoms with Crippen molar-refractivity contribution in [3.63, 3.8) is 0 Å². The maximum atomic E-state index is 11.9. The summed E-state index contributed by atoms with van der Waals surface area (Å²) >= 11 is 1.53. The predicted molar refractivity (Wildman–Crippen MR) is 98.2 cm³/mol. The molecule has 1 saturated heterocycles. The molecule has 0 unspecified atom stereocenters. The number of sulfone groups is 1. The van der Waals surface area contributed by atoms with Crippen molar-refractivity contribution >= 4 is 36.5 Å². The SMILES string of the molecule is CS(=O)(=O)c1cccc2sc(N3CC(COc4cccnc4)C3)nc12. The molecule has 2 aromatic heterocycles. The molecule has 25 heavy (non-hydrogen) atoms. The first-order valence-electron chi connectivity index (χ1n) is 7.88. The highest BCUT2D eigenvalue weighted by molar-refractivity contribution is 7.91. The lowest BCUT2D eigenvalue weighted by Crippen LogP contribution is -2.49. The van der Waals surface area contributed by atoms with E-state index in [1.54, 1.807) is 24.5 Å². The quantitative estimate of drug-likeness (QED) is 0.683. The number of rotatable bonds is 5. The highest BCUT2D eigenvalue weighted by Gasteiger charge is 2.30. The van der Waals surface area contributed by atoms with Crippen LogP contribution in [0.5, 0.6) is 5.75 Å². The Morgan fingerprint density at radius 2 is 2.12 bits per heavy atom. The summed E-state index contributed by atoms with van der Waals surface area (Å²) in [6.45, 7) is 2.35. The van der Waals surface area contributed by atoms with E-state index in [1.807, 2.05) is 18.2 Å². The van der Waals surface area contributed by atoms with Crippen LogP contribution < -0.4 is 9.64 Å². The second kappa shape index (κ2) is 6.27. The van der Waals surface area contributed by atoms with Crippen molar-refractivity contribution in [2.75, 3.05) is 30.9 Å². The molecule has 0 N–H and O–H groups in total. The Labute approximate surface area is 150 Å². The zero-order valence-corrected chi connectivity index (χ0v) is 15.3. The highest BCUT2D eigenvalue weighted by Crippen LogP contribution is 2.35. The summed E-state index contributed by atoms with van der Waals surface area (Å²) in [5.41, 5.74) is 0.569. The number of pyridine rings is 1. The van der Waals surface area contributed by atoms with Crippen LogP contribution in [0.4, 0.5) is 5.13 Å². The molecule has 3 heterocycles. The molecule has 1 aromatic carbocycles. The van der Waals surface area contributed by atoms with Gasteiger partial charge in [-0.1, -0.05) is 17.4 Å². The van der Waals surface area contributed by atoms with Crippen LogP contribution in [0.15, 0.2) is 47.6 Å². The van der Waals surface area contributed by atoms with Crippen molar-refractivity contribution < 1.29 is 13.2 Å². The first-order chi connectivity index (χ1) is 12.0. The monoisotopic (exact) mass is 375 g/mol. The number of aromatic nitrogens is 2. The molecule has 1 fully saturated rings. The van der Waals surface area contributed by atoms with Gasteiger partial charge in [-0.15, -0.1) is 0 Å². The Bertz CT molecular complexity index is 996. The standard InChI is InChI=1S/C17H17N3O3S2/c1-25(21,22)15-6-2-5-14-16(15)19-17(24-14)20-9-12(10-20)11-23-13-4-3-7-18-8-13/h2-8,12H,9-11H2,1H3. The molecule has 0 saturated carbocycles. The van der Waals surface area contributed by atoms with Gasteiger partial charge in [-0.3, -0.25) is 4.98 Å². The summed E-state index contributed by atoms with van der Waals surface area (Å²) in [5.74, 6) is 1.21. The molecule has 0 amide bonds. The molecule has 0 bridgehead atoms. The summed E-state index contributed by atoms with van der Waals surface area (Å²) in [5, 5.41) is 0.865. The molecule has 0 radical (unpaired) electrons. The maximum absolute atomic E-state index is 11.9. The minimum atomic E-state index is -3.28. The van der Waals surface area contributed by atoms with Crippen LogP contribution in [0.2, 0.25) is 0 Å². The molecule has 1 aliphatic rings. The van der Waals surface area contributed by atoms with Gasteiger partial charge >= 0.3 is 0 Å². The Morgan fingerprint density at radius 1 is 1.28 bits per heavy atom. The number of hydrogen-bond acceptors (Lipinski definition) is 7. The van der Waals surface area contributed by atoms with Crippen LogP contribution in [0, 0.1) is 5.92 Å². The van der Waals surface area contributed by atoms with Gasteiger partial charge in [-0.25, -0.2) is 13.4 Å². The van der Waals surface area contributed by atoms with Crippen molar-refractivity contribution in [3.8, 4) is 5.75 Å². The van der Waals surface area contributed by atoms with Crippen LogP contribution in [-0.4, -0.2) is 44.3 Å². The fourth-order valence-corrected chi connectivity index (χ4v) is 4.73. The van der Waals surface area contributed by atoms with Gasteiger partial charge in [0.2, 0.25) is 0 Å². The molecule has 130 valence electrons. The zero-order valence-electron chi connectivity index (χ0n) is 13.6. The molecule has 0 aliphatic carbocycles. The fourth-order valence-electron chi connectivity index (χ4n) is 2.82. The Balaban J connectivity index is 1.44. The van der Waals surface area contributed by atoms with Gasteiger partial charge in [-0.05, 0) is 24.3 Å². The van der Waals surface area contributed by atoms with Gasteiger partial charge in [-0.2, -0.15) is 0 Å². The van der Waals surface area contributed by atoms with E-state index in [2.05, 4.69) is 14.9 Å². The first-order valence-corrected chi connectivity index (χ1v) is 10.6. The smallest absolute Gasteiger partial charge is 0.186 e. The van der Waals surface area contributed by atoms with Crippen molar-refractivity contribution in [2.45, 2.75) is 4.90 Å². The summed E-state index contributed by atoms with van der Waals surface area (Å²) in [4.78, 5) is 11.1. The van der Waals surface area contributed by atoms with E-state index in [0.717, 1.165) is 28.7 Å². The normalized spacial score (nSPS) is 15.3. The number of hydrogen-bond donors (Lipinski definition) is 0. The molecule has 1 aliphatic heterocycles. The second-order valence-electron chi connectivity index (χ2n) is 6.14. The molecular weight excluding hydrogens is 358 g/mol. The summed E-state index contributed by atoms with van der Waals surface area (Å²) in [7, 11) is -3.28. The Hall–Kier alpha value is -2.19. The van der Waals surface area contributed by atoms with Crippen LogP contribution in [0.3, 0.4) is 0 Å². The average molecular weight is 375 g/mol. The van der Waals surface area contributed by atoms with Gasteiger partial charge in [0.25, 0.3) is 0 Å². The van der Waals surface area contributed by atoms with Gasteiger partial charge in [0.05, 0.1) is 22.4 Å². The van der Waals surface area contributed by atoms with E-state index >= 15 is 0 Å². The first kappa shape index (κ1) is 16.3. The lowest BCUT2D eigenvalue weighted by molar-refractivity contribution is 0.220. The van der Waals surface area contributed by atoms with Crippen molar-refractivity contribution in [1.82, 2.24) is 9.97 Å². The maximum Gasteiger partial charge on any atom is 0.186 e. The van der Waals surface area contributed by atoms with E-state index in [4.69, 9.17) is 4.74 Å². The van der Waals surface area contributed by atoms with E-state index in [9.17, 15) is 8.42 Å². The number of nitrogens with zero attached hydrogens (tertiary/aromatic N) is 3. The van der Waals surface area contributed by atoms with Gasteiger partial charge in [0.15, 0.2) is 15.0 Å². The van der Waals surface area contributed by atoms with Crippen molar-refractivity contribution in [1.29, 1.82) is 0 Å². The average Bonchev–Trinajstić information content (AvgIpc) is 2.96. The molecule has 0 spiro atoms. The van der Waals surface area contributed by atoms with Crippen LogP contribution >= 0.6 is 11.3 Å². The number of para-hydroxylation sites is 1. The number of anilines is 1. The van der Waals surface area contributed by atoms with E-state index in [-0.39, 0.29) is 0 Å². The van der Waals surface area contributed by atoms with E-state index in [1.165, 1.54) is 17.6 Å². The summed E-state index contributed by atoms with van der Waals surface area (Å²) in [6.07, 6.45) is 4.64. The highest BCUT2D eigenvalue weighted by atomic mass is 32.2. The summed E-state index contributed by atoms with van der Waals surface area (Å²) < 4.78 is 30.4. The Morgan fingerprint density at radius 3 is 2.84 bits per heavy atom. The topological polar surface area (TPSA) is 72.4 Å². The third-order valence-corrected chi connectivity index (χ3v) is 6.33. The van der Waals surface area contributed by atoms with Gasteiger partial charge < -0.3 is 9.64 Å². The van der Waals surface area contributed by atoms with E-state index < -0.39 is 9.84 Å². The van der Waals surface area contributed by atoms with Gasteiger partial charge in [0, 0.05) is 31.5 Å². The van der Waals surface area contributed by atoms with Gasteiger partial charge in [0.1, 0.15) is 11.3 Å². The molecule has 8 heteroatoms.